The number of aliphatic hydroxyl groups is 1. The first-order chi connectivity index (χ1) is 12.3. The molecule has 0 aromatic heterocycles. The first-order valence-electron chi connectivity index (χ1n) is 8.57. The predicted octanol–water partition coefficient (Wildman–Crippen LogP) is 2.04. The van der Waals surface area contributed by atoms with E-state index in [4.69, 9.17) is 4.65 Å². The van der Waals surface area contributed by atoms with Crippen LogP contribution in [0.15, 0.2) is 54.6 Å². The van der Waals surface area contributed by atoms with Gasteiger partial charge in [-0.2, -0.15) is 0 Å². The third-order valence-corrected chi connectivity index (χ3v) is 5.69. The van der Waals surface area contributed by atoms with Crippen molar-refractivity contribution in [1.29, 1.82) is 0 Å². The molecule has 0 amide bonds. The monoisotopic (exact) mass is 391 g/mol. The van der Waals surface area contributed by atoms with Gasteiger partial charge in [0.2, 0.25) is 10.0 Å². The van der Waals surface area contributed by atoms with E-state index in [1.54, 1.807) is 82.3 Å². The second kappa shape index (κ2) is 7.63. The van der Waals surface area contributed by atoms with Crippen molar-refractivity contribution in [2.75, 3.05) is 10.6 Å². The Morgan fingerprint density at radius 2 is 1.48 bits per heavy atom. The van der Waals surface area contributed by atoms with E-state index < -0.39 is 28.3 Å². The molecular formula is C19H26BNO5S. The van der Waals surface area contributed by atoms with E-state index in [9.17, 15) is 18.5 Å². The van der Waals surface area contributed by atoms with Gasteiger partial charge in [-0.05, 0) is 45.9 Å². The molecule has 2 rings (SSSR count). The smallest absolute Gasteiger partial charge is 0.423 e. The van der Waals surface area contributed by atoms with Gasteiger partial charge in [0.1, 0.15) is 0 Å². The minimum absolute atomic E-state index is 0.282. The Bertz CT molecular complexity index is 878. The van der Waals surface area contributed by atoms with Gasteiger partial charge in [-0.15, -0.1) is 0 Å². The Hall–Kier alpha value is -1.87. The lowest BCUT2D eigenvalue weighted by molar-refractivity contribution is -0.0982. The van der Waals surface area contributed by atoms with Crippen LogP contribution in [0.2, 0.25) is 0 Å². The van der Waals surface area contributed by atoms with E-state index in [1.807, 2.05) is 0 Å². The van der Waals surface area contributed by atoms with Gasteiger partial charge in [-0.3, -0.25) is 0 Å². The topological polar surface area (TPSA) is 87.1 Å². The molecule has 0 unspecified atom stereocenters. The summed E-state index contributed by atoms with van der Waals surface area (Å²) in [7, 11) is -5.12. The third-order valence-electron chi connectivity index (χ3n) is 4.62. The van der Waals surface area contributed by atoms with E-state index >= 15 is 0 Å². The minimum Gasteiger partial charge on any atom is -0.423 e. The molecule has 0 aliphatic rings. The molecule has 0 heterocycles. The van der Waals surface area contributed by atoms with Gasteiger partial charge in [0.05, 0.1) is 28.8 Å². The maximum absolute atomic E-state index is 12.5. The maximum atomic E-state index is 12.5. The first-order valence-corrected chi connectivity index (χ1v) is 10.4. The predicted molar refractivity (Wildman–Crippen MR) is 109 cm³/mol. The van der Waals surface area contributed by atoms with Crippen LogP contribution in [-0.4, -0.2) is 43.1 Å². The molecule has 6 nitrogen and oxygen atoms in total. The van der Waals surface area contributed by atoms with Crippen molar-refractivity contribution in [3.8, 4) is 0 Å². The van der Waals surface area contributed by atoms with Crippen LogP contribution in [0.3, 0.4) is 0 Å². The molecule has 0 spiro atoms. The van der Waals surface area contributed by atoms with Crippen LogP contribution < -0.4 is 9.77 Å². The van der Waals surface area contributed by atoms with Crippen LogP contribution in [0.4, 0.5) is 11.4 Å². The number of benzene rings is 2. The van der Waals surface area contributed by atoms with Gasteiger partial charge in [0.25, 0.3) is 0 Å². The van der Waals surface area contributed by atoms with E-state index in [-0.39, 0.29) is 11.2 Å². The zero-order chi connectivity index (χ0) is 20.5. The fraction of sp³-hybridized carbons (Fsp3) is 0.368. The van der Waals surface area contributed by atoms with Gasteiger partial charge >= 0.3 is 7.12 Å². The highest BCUT2D eigenvalue weighted by atomic mass is 32.2. The van der Waals surface area contributed by atoms with Crippen LogP contribution in [0.5, 0.6) is 0 Å². The summed E-state index contributed by atoms with van der Waals surface area (Å²) < 4.78 is 31.9. The van der Waals surface area contributed by atoms with E-state index in [0.717, 1.165) is 10.6 Å². The highest BCUT2D eigenvalue weighted by Crippen LogP contribution is 2.29. The van der Waals surface area contributed by atoms with E-state index in [2.05, 4.69) is 0 Å². The maximum Gasteiger partial charge on any atom is 0.493 e. The average Bonchev–Trinajstić information content (AvgIpc) is 2.53. The molecule has 146 valence electrons. The molecule has 27 heavy (non-hydrogen) atoms. The van der Waals surface area contributed by atoms with Crippen molar-refractivity contribution in [2.24, 2.45) is 0 Å². The molecular weight excluding hydrogens is 365 g/mol. The van der Waals surface area contributed by atoms with Gasteiger partial charge < -0.3 is 14.8 Å². The first kappa shape index (κ1) is 21.4. The lowest BCUT2D eigenvalue weighted by Gasteiger charge is -2.38. The summed E-state index contributed by atoms with van der Waals surface area (Å²) in [6.45, 7) is 6.48. The van der Waals surface area contributed by atoms with Crippen molar-refractivity contribution in [2.45, 2.75) is 38.9 Å². The zero-order valence-electron chi connectivity index (χ0n) is 16.2. The van der Waals surface area contributed by atoms with Crippen LogP contribution in [-0.2, 0) is 14.7 Å². The van der Waals surface area contributed by atoms with Crippen molar-refractivity contribution in [3.05, 3.63) is 54.6 Å². The third kappa shape index (κ3) is 4.90. The molecule has 0 fully saturated rings. The van der Waals surface area contributed by atoms with E-state index in [1.165, 1.54) is 0 Å². The Labute approximate surface area is 161 Å². The molecule has 0 bridgehead atoms. The Kier molecular flexibility index (Phi) is 6.06. The van der Waals surface area contributed by atoms with Crippen molar-refractivity contribution in [1.82, 2.24) is 0 Å². The molecule has 2 aromatic carbocycles. The summed E-state index contributed by atoms with van der Waals surface area (Å²) in [5, 5.41) is 21.0. The highest BCUT2D eigenvalue weighted by Gasteiger charge is 2.40. The fourth-order valence-electron chi connectivity index (χ4n) is 2.44. The second-order valence-corrected chi connectivity index (χ2v) is 9.29. The number of sulfonamides is 1. The lowest BCUT2D eigenvalue weighted by atomic mass is 9.75. The van der Waals surface area contributed by atoms with Crippen molar-refractivity contribution >= 4 is 34.0 Å². The number of nitrogens with zero attached hydrogens (tertiary/aromatic N) is 1. The number of anilines is 2. The van der Waals surface area contributed by atoms with Gasteiger partial charge in [-0.1, -0.05) is 36.4 Å². The highest BCUT2D eigenvalue weighted by molar-refractivity contribution is 7.92. The zero-order valence-corrected chi connectivity index (χ0v) is 17.1. The van der Waals surface area contributed by atoms with Crippen LogP contribution in [0.25, 0.3) is 0 Å². The number of para-hydroxylation sites is 2. The summed E-state index contributed by atoms with van der Waals surface area (Å²) in [6.07, 6.45) is 1.10. The molecule has 0 saturated carbocycles. The number of hydrogen-bond acceptors (Lipinski definition) is 5. The fourth-order valence-corrected chi connectivity index (χ4v) is 3.47. The molecule has 0 radical (unpaired) electrons. The molecule has 0 atom stereocenters. The number of rotatable bonds is 7. The minimum atomic E-state index is -3.68. The molecule has 2 aromatic rings. The molecule has 0 aliphatic carbocycles. The van der Waals surface area contributed by atoms with Crippen molar-refractivity contribution in [3.63, 3.8) is 0 Å². The Morgan fingerprint density at radius 3 is 2.00 bits per heavy atom. The molecule has 0 aliphatic heterocycles. The van der Waals surface area contributed by atoms with Crippen LogP contribution >= 0.6 is 0 Å². The summed E-state index contributed by atoms with van der Waals surface area (Å²) in [4.78, 5) is 0. The average molecular weight is 391 g/mol. The van der Waals surface area contributed by atoms with Gasteiger partial charge in [0, 0.05) is 5.46 Å². The summed E-state index contributed by atoms with van der Waals surface area (Å²) >= 11 is 0. The van der Waals surface area contributed by atoms with Crippen LogP contribution in [0, 0.1) is 0 Å². The molecule has 8 heteroatoms. The largest absolute Gasteiger partial charge is 0.493 e. The summed E-state index contributed by atoms with van der Waals surface area (Å²) in [5.74, 6) is 0. The summed E-state index contributed by atoms with van der Waals surface area (Å²) in [6, 6.07) is 15.2. The van der Waals surface area contributed by atoms with Crippen molar-refractivity contribution < 1.29 is 23.2 Å². The quantitative estimate of drug-likeness (QED) is 0.706. The Balaban J connectivity index is 2.53. The SMILES string of the molecule is CC(C)(O)C(C)(C)OB(O)c1ccccc1N(c1ccccc1)S(C)(=O)=O. The van der Waals surface area contributed by atoms with Gasteiger partial charge in [-0.25, -0.2) is 12.7 Å². The standard InChI is InChI=1S/C19H26BNO5S/c1-18(2,22)19(3,4)26-20(23)16-13-9-10-14-17(16)21(27(5,24)25)15-11-7-6-8-12-15/h6-14,22-23H,1-5H3. The van der Waals surface area contributed by atoms with Gasteiger partial charge in [0.15, 0.2) is 0 Å². The van der Waals surface area contributed by atoms with Crippen LogP contribution in [0.1, 0.15) is 27.7 Å². The normalized spacial score (nSPS) is 12.7. The summed E-state index contributed by atoms with van der Waals surface area (Å²) in [5.41, 5.74) is -1.29. The lowest BCUT2D eigenvalue weighted by Crippen LogP contribution is -2.53. The second-order valence-electron chi connectivity index (χ2n) is 7.46. The molecule has 0 saturated heterocycles. The number of hydrogen-bond donors (Lipinski definition) is 2. The Morgan fingerprint density at radius 1 is 0.963 bits per heavy atom. The molecule has 2 N–H and O–H groups in total. The van der Waals surface area contributed by atoms with E-state index in [0.29, 0.717) is 5.69 Å².